The third-order valence-corrected chi connectivity index (χ3v) is 4.62. The molecule has 0 saturated carbocycles. The quantitative estimate of drug-likeness (QED) is 0.721. The summed E-state index contributed by atoms with van der Waals surface area (Å²) in [6, 6.07) is 11.6. The molecule has 0 bridgehead atoms. The van der Waals surface area contributed by atoms with Gasteiger partial charge in [-0.3, -0.25) is 9.79 Å². The Balaban J connectivity index is 1.67. The maximum atomic E-state index is 12.0. The summed E-state index contributed by atoms with van der Waals surface area (Å²) in [5.41, 5.74) is 1.96. The molecule has 0 aliphatic carbocycles. The van der Waals surface area contributed by atoms with Crippen LogP contribution in [0.4, 0.5) is 5.82 Å². The van der Waals surface area contributed by atoms with E-state index in [9.17, 15) is 9.59 Å². The van der Waals surface area contributed by atoms with Crippen LogP contribution in [0.3, 0.4) is 0 Å². The van der Waals surface area contributed by atoms with E-state index in [1.165, 1.54) is 13.4 Å². The molecule has 1 aliphatic heterocycles. The molecule has 3 aromatic rings. The number of carbonyl (C=O) groups excluding carboxylic acids is 2. The number of benzene rings is 2. The minimum atomic E-state index is -0.359. The van der Waals surface area contributed by atoms with Gasteiger partial charge in [-0.05, 0) is 34.9 Å². The molecule has 136 valence electrons. The SMILES string of the molecule is COC(=O)c1cc(CCn2cnc3c2NC=NCC3=O)c2ccccc2c1. The molecular formula is C20H18N4O3. The summed E-state index contributed by atoms with van der Waals surface area (Å²) < 4.78 is 6.77. The van der Waals surface area contributed by atoms with Crippen LogP contribution in [0.1, 0.15) is 26.4 Å². The predicted molar refractivity (Wildman–Crippen MR) is 103 cm³/mol. The van der Waals surface area contributed by atoms with E-state index in [4.69, 9.17) is 4.74 Å². The molecule has 0 radical (unpaired) electrons. The first kappa shape index (κ1) is 17.0. The Bertz CT molecular complexity index is 1070. The monoisotopic (exact) mass is 362 g/mol. The number of ketones is 1. The number of Topliss-reactive ketones (excluding diaryl/α,β-unsaturated/α-hetero) is 1. The van der Waals surface area contributed by atoms with Crippen LogP contribution in [0, 0.1) is 0 Å². The van der Waals surface area contributed by atoms with Gasteiger partial charge in [0.05, 0.1) is 25.3 Å². The number of nitrogens with one attached hydrogen (secondary N) is 1. The van der Waals surface area contributed by atoms with Crippen LogP contribution in [-0.2, 0) is 17.7 Å². The molecule has 0 saturated heterocycles. The van der Waals surface area contributed by atoms with Gasteiger partial charge < -0.3 is 14.6 Å². The molecule has 1 aliphatic rings. The van der Waals surface area contributed by atoms with Crippen LogP contribution in [0.5, 0.6) is 0 Å². The average Bonchev–Trinajstić information content (AvgIpc) is 3.01. The van der Waals surface area contributed by atoms with Crippen LogP contribution in [0.15, 0.2) is 47.7 Å². The number of anilines is 1. The van der Waals surface area contributed by atoms with Crippen LogP contribution < -0.4 is 5.32 Å². The van der Waals surface area contributed by atoms with Gasteiger partial charge in [0.2, 0.25) is 5.78 Å². The molecule has 0 amide bonds. The van der Waals surface area contributed by atoms with E-state index in [0.717, 1.165) is 16.3 Å². The third-order valence-electron chi connectivity index (χ3n) is 4.62. The number of ether oxygens (including phenoxy) is 1. The molecule has 7 nitrogen and oxygen atoms in total. The number of hydrogen-bond acceptors (Lipinski definition) is 6. The zero-order valence-electron chi connectivity index (χ0n) is 14.8. The van der Waals surface area contributed by atoms with E-state index in [0.29, 0.717) is 30.0 Å². The van der Waals surface area contributed by atoms with Crippen molar-refractivity contribution >= 4 is 34.7 Å². The standard InChI is InChI=1S/C20H18N4O3/c1-27-20(26)15-8-13-4-2-3-5-16(13)14(9-15)6-7-24-12-23-18-17(25)10-21-11-22-19(18)24/h2-5,8-9,11-12H,6-7,10H2,1H3,(H,21,22). The first-order valence-electron chi connectivity index (χ1n) is 8.60. The van der Waals surface area contributed by atoms with Crippen LogP contribution in [-0.4, -0.2) is 41.3 Å². The van der Waals surface area contributed by atoms with Crippen molar-refractivity contribution in [1.29, 1.82) is 0 Å². The van der Waals surface area contributed by atoms with Crippen LogP contribution >= 0.6 is 0 Å². The highest BCUT2D eigenvalue weighted by molar-refractivity contribution is 6.04. The van der Waals surface area contributed by atoms with Crippen molar-refractivity contribution in [2.24, 2.45) is 4.99 Å². The van der Waals surface area contributed by atoms with Crippen molar-refractivity contribution in [3.8, 4) is 0 Å². The molecular weight excluding hydrogens is 344 g/mol. The van der Waals surface area contributed by atoms with E-state index >= 15 is 0 Å². The number of hydrogen-bond donors (Lipinski definition) is 1. The number of aryl methyl sites for hydroxylation is 2. The Kier molecular flexibility index (Phi) is 4.42. The van der Waals surface area contributed by atoms with Crippen molar-refractivity contribution in [3.05, 3.63) is 59.5 Å². The Morgan fingerprint density at radius 3 is 3.00 bits per heavy atom. The Morgan fingerprint density at radius 2 is 2.15 bits per heavy atom. The minimum absolute atomic E-state index is 0.100. The molecule has 1 aromatic heterocycles. The lowest BCUT2D eigenvalue weighted by atomic mass is 9.98. The van der Waals surface area contributed by atoms with E-state index in [-0.39, 0.29) is 18.3 Å². The van der Waals surface area contributed by atoms with E-state index in [2.05, 4.69) is 15.3 Å². The Labute approximate surface area is 155 Å². The summed E-state index contributed by atoms with van der Waals surface area (Å²) in [6.07, 6.45) is 3.84. The first-order chi connectivity index (χ1) is 13.2. The third kappa shape index (κ3) is 3.19. The molecule has 7 heteroatoms. The van der Waals surface area contributed by atoms with Crippen LogP contribution in [0.25, 0.3) is 10.8 Å². The van der Waals surface area contributed by atoms with Crippen molar-refractivity contribution in [1.82, 2.24) is 9.55 Å². The molecule has 1 N–H and O–H groups in total. The molecule has 0 atom stereocenters. The number of carbonyl (C=O) groups is 2. The second-order valence-electron chi connectivity index (χ2n) is 6.27. The molecule has 2 heterocycles. The summed E-state index contributed by atoms with van der Waals surface area (Å²) in [6.45, 7) is 0.702. The first-order valence-corrected chi connectivity index (χ1v) is 8.60. The zero-order valence-corrected chi connectivity index (χ0v) is 14.8. The lowest BCUT2D eigenvalue weighted by Crippen LogP contribution is -2.09. The number of esters is 1. The molecule has 27 heavy (non-hydrogen) atoms. The predicted octanol–water partition coefficient (Wildman–Crippen LogP) is 2.70. The van der Waals surface area contributed by atoms with E-state index < -0.39 is 0 Å². The summed E-state index contributed by atoms with van der Waals surface area (Å²) in [7, 11) is 1.38. The van der Waals surface area contributed by atoms with Crippen LogP contribution in [0.2, 0.25) is 0 Å². The Morgan fingerprint density at radius 1 is 1.30 bits per heavy atom. The fraction of sp³-hybridized carbons (Fsp3) is 0.200. The number of nitrogens with zero attached hydrogens (tertiary/aromatic N) is 3. The molecule has 0 unspecified atom stereocenters. The van der Waals surface area contributed by atoms with Gasteiger partial charge in [0.1, 0.15) is 12.4 Å². The average molecular weight is 362 g/mol. The number of methoxy groups -OCH3 is 1. The second kappa shape index (κ2) is 7.03. The highest BCUT2D eigenvalue weighted by Gasteiger charge is 2.19. The zero-order chi connectivity index (χ0) is 18.8. The number of aliphatic imine (C=N–C) groups is 1. The van der Waals surface area contributed by atoms with Crippen molar-refractivity contribution < 1.29 is 14.3 Å². The summed E-state index contributed by atoms with van der Waals surface area (Å²) >= 11 is 0. The van der Waals surface area contributed by atoms with Crippen molar-refractivity contribution in [2.75, 3.05) is 19.0 Å². The highest BCUT2D eigenvalue weighted by atomic mass is 16.5. The minimum Gasteiger partial charge on any atom is -0.465 e. The van der Waals surface area contributed by atoms with Gasteiger partial charge in [-0.25, -0.2) is 9.78 Å². The largest absolute Gasteiger partial charge is 0.465 e. The lowest BCUT2D eigenvalue weighted by Gasteiger charge is -2.12. The fourth-order valence-electron chi connectivity index (χ4n) is 3.29. The number of imidazole rings is 1. The van der Waals surface area contributed by atoms with Gasteiger partial charge in [0.25, 0.3) is 0 Å². The van der Waals surface area contributed by atoms with Gasteiger partial charge in [-0.1, -0.05) is 24.3 Å². The van der Waals surface area contributed by atoms with Gasteiger partial charge in [-0.2, -0.15) is 0 Å². The number of rotatable bonds is 4. The van der Waals surface area contributed by atoms with Gasteiger partial charge in [0, 0.05) is 6.54 Å². The molecule has 0 fully saturated rings. The van der Waals surface area contributed by atoms with E-state index in [1.54, 1.807) is 6.33 Å². The summed E-state index contributed by atoms with van der Waals surface area (Å²) in [5.74, 6) is 0.180. The summed E-state index contributed by atoms with van der Waals surface area (Å²) in [4.78, 5) is 32.3. The van der Waals surface area contributed by atoms with Gasteiger partial charge in [0.15, 0.2) is 5.69 Å². The fourth-order valence-corrected chi connectivity index (χ4v) is 3.29. The highest BCUT2D eigenvalue weighted by Crippen LogP contribution is 2.24. The van der Waals surface area contributed by atoms with Gasteiger partial charge in [-0.15, -0.1) is 0 Å². The second-order valence-corrected chi connectivity index (χ2v) is 6.27. The van der Waals surface area contributed by atoms with Crippen molar-refractivity contribution in [3.63, 3.8) is 0 Å². The molecule has 4 rings (SSSR count). The Hall–Kier alpha value is -3.48. The molecule has 0 spiro atoms. The topological polar surface area (TPSA) is 85.6 Å². The maximum Gasteiger partial charge on any atom is 0.337 e. The number of aromatic nitrogens is 2. The smallest absolute Gasteiger partial charge is 0.337 e. The maximum absolute atomic E-state index is 12.0. The lowest BCUT2D eigenvalue weighted by molar-refractivity contribution is 0.0600. The molecule has 2 aromatic carbocycles. The number of fused-ring (bicyclic) bond motifs is 2. The van der Waals surface area contributed by atoms with Gasteiger partial charge >= 0.3 is 5.97 Å². The van der Waals surface area contributed by atoms with E-state index in [1.807, 2.05) is 41.0 Å². The normalized spacial score (nSPS) is 13.1. The van der Waals surface area contributed by atoms with Crippen molar-refractivity contribution in [2.45, 2.75) is 13.0 Å². The summed E-state index contributed by atoms with van der Waals surface area (Å²) in [5, 5.41) is 5.10.